The van der Waals surface area contributed by atoms with E-state index in [1.807, 2.05) is 51.4 Å². The van der Waals surface area contributed by atoms with Gasteiger partial charge in [-0.3, -0.25) is 0 Å². The summed E-state index contributed by atoms with van der Waals surface area (Å²) >= 11 is 0. The van der Waals surface area contributed by atoms with Crippen molar-refractivity contribution in [3.8, 4) is 0 Å². The number of nitrogens with zero attached hydrogens (tertiary/aromatic N) is 2. The molecule has 2 aromatic rings. The number of pyridine rings is 2. The van der Waals surface area contributed by atoms with Crippen molar-refractivity contribution in [2.24, 2.45) is 7.05 Å². The number of anilines is 2. The van der Waals surface area contributed by atoms with Crippen molar-refractivity contribution in [3.05, 3.63) is 47.4 Å². The summed E-state index contributed by atoms with van der Waals surface area (Å²) in [5.74, 6) is 0.873. The van der Waals surface area contributed by atoms with E-state index >= 15 is 0 Å². The number of hydrogen-bond donors (Lipinski definition) is 2. The number of hydrogen-bond acceptors (Lipinski definition) is 3. The van der Waals surface area contributed by atoms with E-state index in [1.54, 1.807) is 0 Å². The summed E-state index contributed by atoms with van der Waals surface area (Å²) in [6.07, 6.45) is 2.05. The Bertz CT molecular complexity index is 564. The van der Waals surface area contributed by atoms with Crippen molar-refractivity contribution in [3.63, 3.8) is 0 Å². The monoisotopic (exact) mass is 243 g/mol. The highest BCUT2D eigenvalue weighted by molar-refractivity contribution is 5.47. The van der Waals surface area contributed by atoms with Crippen molar-refractivity contribution in [1.29, 1.82) is 0 Å². The molecule has 0 aliphatic rings. The van der Waals surface area contributed by atoms with Gasteiger partial charge in [0.1, 0.15) is 12.9 Å². The van der Waals surface area contributed by atoms with Crippen molar-refractivity contribution < 1.29 is 4.57 Å². The molecule has 0 spiro atoms. The lowest BCUT2D eigenvalue weighted by atomic mass is 10.2. The molecule has 4 nitrogen and oxygen atoms in total. The first-order chi connectivity index (χ1) is 8.56. The molecule has 0 atom stereocenters. The summed E-state index contributed by atoms with van der Waals surface area (Å²) in [6.45, 7) is 4.69. The molecular formula is C14H19N4+. The maximum Gasteiger partial charge on any atom is 0.180 e. The number of aryl methyl sites for hydroxylation is 3. The van der Waals surface area contributed by atoms with Crippen LogP contribution in [0, 0.1) is 13.8 Å². The number of nitrogen functional groups attached to an aromatic ring is 1. The first kappa shape index (κ1) is 12.4. The molecule has 2 rings (SSSR count). The van der Waals surface area contributed by atoms with Crippen LogP contribution in [0.3, 0.4) is 0 Å². The topological polar surface area (TPSA) is 54.8 Å². The third kappa shape index (κ3) is 2.77. The van der Waals surface area contributed by atoms with Crippen LogP contribution in [0.1, 0.15) is 17.0 Å². The Balaban J connectivity index is 2.13. The second kappa shape index (κ2) is 5.04. The minimum Gasteiger partial charge on any atom is -0.398 e. The normalized spacial score (nSPS) is 10.4. The zero-order chi connectivity index (χ0) is 13.1. The summed E-state index contributed by atoms with van der Waals surface area (Å²) in [5.41, 5.74) is 10.0. The van der Waals surface area contributed by atoms with Crippen LogP contribution in [0.2, 0.25) is 0 Å². The van der Waals surface area contributed by atoms with Gasteiger partial charge in [0.2, 0.25) is 0 Å². The Morgan fingerprint density at radius 2 is 2.11 bits per heavy atom. The second-order valence-electron chi connectivity index (χ2n) is 4.52. The van der Waals surface area contributed by atoms with Gasteiger partial charge in [0.15, 0.2) is 11.9 Å². The highest BCUT2D eigenvalue weighted by Gasteiger charge is 2.08. The zero-order valence-corrected chi connectivity index (χ0v) is 11.1. The molecule has 2 heterocycles. The average Bonchev–Trinajstić information content (AvgIpc) is 2.32. The predicted octanol–water partition coefficient (Wildman–Crippen LogP) is 1.72. The minimum absolute atomic E-state index is 0.677. The Kier molecular flexibility index (Phi) is 3.46. The highest BCUT2D eigenvalue weighted by Crippen LogP contribution is 2.12. The van der Waals surface area contributed by atoms with E-state index in [1.165, 1.54) is 0 Å². The van der Waals surface area contributed by atoms with Crippen molar-refractivity contribution in [2.45, 2.75) is 20.4 Å². The zero-order valence-electron chi connectivity index (χ0n) is 11.1. The summed E-state index contributed by atoms with van der Waals surface area (Å²) in [6, 6.07) is 7.91. The van der Waals surface area contributed by atoms with E-state index in [9.17, 15) is 0 Å². The van der Waals surface area contributed by atoms with Gasteiger partial charge in [0, 0.05) is 30.9 Å². The van der Waals surface area contributed by atoms with Crippen LogP contribution < -0.4 is 15.6 Å². The van der Waals surface area contributed by atoms with Gasteiger partial charge >= 0.3 is 0 Å². The Morgan fingerprint density at radius 1 is 1.33 bits per heavy atom. The summed E-state index contributed by atoms with van der Waals surface area (Å²) < 4.78 is 2.07. The molecule has 0 fully saturated rings. The summed E-state index contributed by atoms with van der Waals surface area (Å²) in [7, 11) is 2.02. The van der Waals surface area contributed by atoms with Gasteiger partial charge in [-0.1, -0.05) is 6.07 Å². The van der Waals surface area contributed by atoms with Gasteiger partial charge < -0.3 is 11.1 Å². The van der Waals surface area contributed by atoms with E-state index in [-0.39, 0.29) is 0 Å². The largest absolute Gasteiger partial charge is 0.398 e. The van der Waals surface area contributed by atoms with E-state index in [0.717, 1.165) is 28.5 Å². The second-order valence-corrected chi connectivity index (χ2v) is 4.52. The van der Waals surface area contributed by atoms with Gasteiger partial charge in [-0.15, -0.1) is 0 Å². The van der Waals surface area contributed by atoms with Crippen LogP contribution in [0.4, 0.5) is 11.5 Å². The molecule has 0 amide bonds. The van der Waals surface area contributed by atoms with Crippen molar-refractivity contribution in [2.75, 3.05) is 11.1 Å². The van der Waals surface area contributed by atoms with Crippen molar-refractivity contribution in [1.82, 2.24) is 4.98 Å². The summed E-state index contributed by atoms with van der Waals surface area (Å²) in [5, 5.41) is 3.28. The molecule has 4 heteroatoms. The minimum atomic E-state index is 0.677. The molecular weight excluding hydrogens is 224 g/mol. The van der Waals surface area contributed by atoms with Gasteiger partial charge in [-0.25, -0.2) is 9.55 Å². The summed E-state index contributed by atoms with van der Waals surface area (Å²) in [4.78, 5) is 4.40. The van der Waals surface area contributed by atoms with Gasteiger partial charge in [-0.05, 0) is 19.1 Å². The number of nitrogens with one attached hydrogen (secondary N) is 1. The molecule has 0 unspecified atom stereocenters. The quantitative estimate of drug-likeness (QED) is 0.807. The Morgan fingerprint density at radius 3 is 2.83 bits per heavy atom. The molecule has 18 heavy (non-hydrogen) atoms. The average molecular weight is 243 g/mol. The van der Waals surface area contributed by atoms with Crippen LogP contribution in [-0.4, -0.2) is 4.98 Å². The Hall–Kier alpha value is -2.10. The smallest absolute Gasteiger partial charge is 0.180 e. The molecule has 0 saturated carbocycles. The van der Waals surface area contributed by atoms with Crippen LogP contribution in [0.15, 0.2) is 30.5 Å². The molecule has 2 aromatic heterocycles. The Labute approximate surface area is 107 Å². The molecule has 0 saturated heterocycles. The lowest BCUT2D eigenvalue weighted by Gasteiger charge is -2.08. The first-order valence-corrected chi connectivity index (χ1v) is 5.98. The maximum atomic E-state index is 6.01. The van der Waals surface area contributed by atoms with E-state index in [4.69, 9.17) is 5.73 Å². The van der Waals surface area contributed by atoms with Crippen molar-refractivity contribution >= 4 is 11.5 Å². The first-order valence-electron chi connectivity index (χ1n) is 5.98. The van der Waals surface area contributed by atoms with Crippen LogP contribution in [-0.2, 0) is 13.6 Å². The third-order valence-electron chi connectivity index (χ3n) is 2.99. The fourth-order valence-corrected chi connectivity index (χ4v) is 1.80. The van der Waals surface area contributed by atoms with E-state index < -0.39 is 0 Å². The number of rotatable bonds is 3. The SMILES string of the molecule is Cc1cccc(NCc2c[n+](C)c(C)cc2N)n1. The van der Waals surface area contributed by atoms with Crippen LogP contribution in [0.25, 0.3) is 0 Å². The van der Waals surface area contributed by atoms with E-state index in [0.29, 0.717) is 6.54 Å². The molecule has 3 N–H and O–H groups in total. The fourth-order valence-electron chi connectivity index (χ4n) is 1.80. The molecule has 0 aromatic carbocycles. The number of nitrogens with two attached hydrogens (primary N) is 1. The standard InChI is InChI=1S/C14H18N4/c1-10-5-4-6-14(17-10)16-8-12-9-18(3)11(2)7-13(12)15/h4-7,9,15H,8H2,1-3H3,(H,16,17)/p+1. The lowest BCUT2D eigenvalue weighted by Crippen LogP contribution is -2.32. The van der Waals surface area contributed by atoms with Crippen LogP contribution >= 0.6 is 0 Å². The molecule has 0 aliphatic heterocycles. The third-order valence-corrected chi connectivity index (χ3v) is 2.99. The molecule has 0 aliphatic carbocycles. The molecule has 0 radical (unpaired) electrons. The van der Waals surface area contributed by atoms with E-state index in [2.05, 4.69) is 14.9 Å². The highest BCUT2D eigenvalue weighted by atomic mass is 15.0. The van der Waals surface area contributed by atoms with Gasteiger partial charge in [0.05, 0.1) is 5.56 Å². The number of aromatic nitrogens is 2. The van der Waals surface area contributed by atoms with Gasteiger partial charge in [-0.2, -0.15) is 0 Å². The molecule has 0 bridgehead atoms. The predicted molar refractivity (Wildman–Crippen MR) is 73.1 cm³/mol. The maximum absolute atomic E-state index is 6.01. The fraction of sp³-hybridized carbons (Fsp3) is 0.286. The van der Waals surface area contributed by atoms with Gasteiger partial charge in [0.25, 0.3) is 0 Å². The van der Waals surface area contributed by atoms with Crippen LogP contribution in [0.5, 0.6) is 0 Å². The molecule has 94 valence electrons. The lowest BCUT2D eigenvalue weighted by molar-refractivity contribution is -0.677.